The number of anilines is 2. The second kappa shape index (κ2) is 6.49. The van der Waals surface area contributed by atoms with Crippen LogP contribution in [-0.4, -0.2) is 21.1 Å². The number of nitrogens with one attached hydrogen (secondary N) is 1. The minimum Gasteiger partial charge on any atom is -0.399 e. The van der Waals surface area contributed by atoms with Gasteiger partial charge in [0, 0.05) is 21.7 Å². The molecule has 0 heterocycles. The molecule has 6 heteroatoms. The largest absolute Gasteiger partial charge is 0.399 e. The Morgan fingerprint density at radius 2 is 2.22 bits per heavy atom. The fourth-order valence-corrected chi connectivity index (χ4v) is 2.27. The summed E-state index contributed by atoms with van der Waals surface area (Å²) < 4.78 is 25.0. The van der Waals surface area contributed by atoms with Gasteiger partial charge in [-0.15, -0.1) is 0 Å². The first-order valence-electron chi connectivity index (χ1n) is 5.66. The highest BCUT2D eigenvalue weighted by Crippen LogP contribution is 2.17. The third-order valence-electron chi connectivity index (χ3n) is 2.56. The maximum Gasteiger partial charge on any atom is 0.237 e. The summed E-state index contributed by atoms with van der Waals surface area (Å²) in [5, 5.41) is 2.32. The van der Waals surface area contributed by atoms with E-state index < -0.39 is 22.5 Å². The molecule has 0 aliphatic heterocycles. The molecular weight excluding hydrogens is 255 g/mol. The van der Waals surface area contributed by atoms with Gasteiger partial charge in [0.05, 0.1) is 5.69 Å². The summed E-state index contributed by atoms with van der Waals surface area (Å²) >= 11 is 0. The third-order valence-corrected chi connectivity index (χ3v) is 4.34. The average molecular weight is 272 g/mol. The second-order valence-electron chi connectivity index (χ2n) is 4.03. The van der Waals surface area contributed by atoms with Gasteiger partial charge in [-0.25, -0.2) is 4.39 Å². The zero-order chi connectivity index (χ0) is 13.7. The predicted molar refractivity (Wildman–Crippen MR) is 72.2 cm³/mol. The summed E-state index contributed by atoms with van der Waals surface area (Å²) in [6.45, 7) is 3.71. The van der Waals surface area contributed by atoms with Crippen LogP contribution in [0.3, 0.4) is 0 Å². The van der Waals surface area contributed by atoms with Crippen molar-refractivity contribution in [1.29, 1.82) is 0 Å². The molecule has 0 saturated carbocycles. The van der Waals surface area contributed by atoms with Crippen molar-refractivity contribution in [3.63, 3.8) is 0 Å². The molecule has 0 saturated heterocycles. The van der Waals surface area contributed by atoms with Crippen molar-refractivity contribution in [2.24, 2.45) is 0 Å². The molecule has 0 radical (unpaired) electrons. The normalized spacial score (nSPS) is 13.9. The number of carbonyl (C=O) groups is 1. The van der Waals surface area contributed by atoms with E-state index in [-0.39, 0.29) is 16.7 Å². The van der Waals surface area contributed by atoms with E-state index in [1.165, 1.54) is 18.2 Å². The lowest BCUT2D eigenvalue weighted by molar-refractivity contribution is -0.113. The molecule has 1 rings (SSSR count). The van der Waals surface area contributed by atoms with Crippen LogP contribution in [0.25, 0.3) is 0 Å². The number of carbonyl (C=O) groups excluding carboxylic acids is 1. The Hall–Kier alpha value is -1.43. The van der Waals surface area contributed by atoms with Gasteiger partial charge >= 0.3 is 0 Å². The quantitative estimate of drug-likeness (QED) is 0.804. The molecule has 4 nitrogen and oxygen atoms in total. The van der Waals surface area contributed by atoms with Crippen LogP contribution in [0.15, 0.2) is 18.2 Å². The van der Waals surface area contributed by atoms with Crippen LogP contribution in [0.2, 0.25) is 0 Å². The van der Waals surface area contributed by atoms with E-state index >= 15 is 0 Å². The van der Waals surface area contributed by atoms with Gasteiger partial charge in [0.2, 0.25) is 5.91 Å². The SMILES string of the molecule is CCC(C)S(=O)CC(=O)Nc1cc(N)ccc1F. The lowest BCUT2D eigenvalue weighted by atomic mass is 10.2. The Morgan fingerprint density at radius 1 is 1.56 bits per heavy atom. The monoisotopic (exact) mass is 272 g/mol. The van der Waals surface area contributed by atoms with E-state index in [4.69, 9.17) is 5.73 Å². The minimum atomic E-state index is -1.25. The molecular formula is C12H17FN2O2S. The standard InChI is InChI=1S/C12H17FN2O2S/c1-3-8(2)18(17)7-12(16)15-11-6-9(14)4-5-10(11)13/h4-6,8H,3,7,14H2,1-2H3,(H,15,16). The Kier molecular flexibility index (Phi) is 5.27. The van der Waals surface area contributed by atoms with Crippen molar-refractivity contribution in [3.05, 3.63) is 24.0 Å². The molecule has 18 heavy (non-hydrogen) atoms. The molecule has 2 unspecified atom stereocenters. The summed E-state index contributed by atoms with van der Waals surface area (Å²) in [7, 11) is -1.25. The highest BCUT2D eigenvalue weighted by Gasteiger charge is 2.14. The van der Waals surface area contributed by atoms with Crippen molar-refractivity contribution in [2.45, 2.75) is 25.5 Å². The van der Waals surface area contributed by atoms with Crippen LogP contribution >= 0.6 is 0 Å². The van der Waals surface area contributed by atoms with Crippen molar-refractivity contribution in [1.82, 2.24) is 0 Å². The van der Waals surface area contributed by atoms with E-state index in [1.807, 2.05) is 13.8 Å². The van der Waals surface area contributed by atoms with E-state index in [2.05, 4.69) is 5.32 Å². The number of nitrogen functional groups attached to an aromatic ring is 1. The molecule has 100 valence electrons. The average Bonchev–Trinajstić information content (AvgIpc) is 2.32. The predicted octanol–water partition coefficient (Wildman–Crippen LogP) is 1.89. The molecule has 0 aliphatic rings. The van der Waals surface area contributed by atoms with E-state index in [0.29, 0.717) is 5.69 Å². The topological polar surface area (TPSA) is 72.2 Å². The minimum absolute atomic E-state index is 0.0150. The van der Waals surface area contributed by atoms with Crippen molar-refractivity contribution in [3.8, 4) is 0 Å². The first-order chi connectivity index (χ1) is 8.43. The Morgan fingerprint density at radius 3 is 2.83 bits per heavy atom. The highest BCUT2D eigenvalue weighted by atomic mass is 32.2. The fourth-order valence-electron chi connectivity index (χ4n) is 1.28. The molecule has 0 fully saturated rings. The van der Waals surface area contributed by atoms with Crippen LogP contribution in [0.4, 0.5) is 15.8 Å². The Labute approximate surface area is 108 Å². The number of benzene rings is 1. The van der Waals surface area contributed by atoms with Gasteiger partial charge < -0.3 is 11.1 Å². The Bertz CT molecular complexity index is 465. The van der Waals surface area contributed by atoms with Crippen LogP contribution in [-0.2, 0) is 15.6 Å². The summed E-state index contributed by atoms with van der Waals surface area (Å²) in [6.07, 6.45) is 0.729. The summed E-state index contributed by atoms with van der Waals surface area (Å²) in [6, 6.07) is 3.91. The van der Waals surface area contributed by atoms with Gasteiger partial charge in [-0.05, 0) is 24.6 Å². The summed E-state index contributed by atoms with van der Waals surface area (Å²) in [5.41, 5.74) is 5.87. The zero-order valence-corrected chi connectivity index (χ0v) is 11.2. The number of amides is 1. The van der Waals surface area contributed by atoms with Crippen LogP contribution in [0.5, 0.6) is 0 Å². The molecule has 1 aromatic rings. The highest BCUT2D eigenvalue weighted by molar-refractivity contribution is 7.86. The number of nitrogens with two attached hydrogens (primary N) is 1. The molecule has 0 aliphatic carbocycles. The van der Waals surface area contributed by atoms with Crippen molar-refractivity contribution < 1.29 is 13.4 Å². The maximum atomic E-state index is 13.3. The summed E-state index contributed by atoms with van der Waals surface area (Å²) in [4.78, 5) is 11.6. The van der Waals surface area contributed by atoms with Gasteiger partial charge in [0.1, 0.15) is 11.6 Å². The van der Waals surface area contributed by atoms with E-state index in [0.717, 1.165) is 6.42 Å². The van der Waals surface area contributed by atoms with Crippen LogP contribution in [0, 0.1) is 5.82 Å². The lowest BCUT2D eigenvalue weighted by Gasteiger charge is -2.10. The molecule has 1 aromatic carbocycles. The van der Waals surface area contributed by atoms with Crippen LogP contribution < -0.4 is 11.1 Å². The van der Waals surface area contributed by atoms with Gasteiger partial charge in [-0.3, -0.25) is 9.00 Å². The number of rotatable bonds is 5. The van der Waals surface area contributed by atoms with Crippen molar-refractivity contribution >= 4 is 28.1 Å². The third kappa shape index (κ3) is 4.10. The second-order valence-corrected chi connectivity index (χ2v) is 5.89. The molecule has 0 spiro atoms. The van der Waals surface area contributed by atoms with Gasteiger partial charge in [-0.1, -0.05) is 13.8 Å². The molecule has 0 aromatic heterocycles. The smallest absolute Gasteiger partial charge is 0.237 e. The molecule has 2 atom stereocenters. The lowest BCUT2D eigenvalue weighted by Crippen LogP contribution is -2.24. The number of halogens is 1. The summed E-state index contributed by atoms with van der Waals surface area (Å²) in [5.74, 6) is -1.17. The van der Waals surface area contributed by atoms with E-state index in [1.54, 1.807) is 0 Å². The maximum absolute atomic E-state index is 13.3. The van der Waals surface area contributed by atoms with Crippen molar-refractivity contribution in [2.75, 3.05) is 16.8 Å². The van der Waals surface area contributed by atoms with Gasteiger partial charge in [-0.2, -0.15) is 0 Å². The molecule has 0 bridgehead atoms. The first kappa shape index (κ1) is 14.6. The number of hydrogen-bond acceptors (Lipinski definition) is 3. The van der Waals surface area contributed by atoms with Crippen LogP contribution in [0.1, 0.15) is 20.3 Å². The van der Waals surface area contributed by atoms with Gasteiger partial charge in [0.15, 0.2) is 0 Å². The molecule has 3 N–H and O–H groups in total. The van der Waals surface area contributed by atoms with Gasteiger partial charge in [0.25, 0.3) is 0 Å². The Balaban J connectivity index is 2.65. The van der Waals surface area contributed by atoms with E-state index in [9.17, 15) is 13.4 Å². The number of hydrogen-bond donors (Lipinski definition) is 2. The zero-order valence-electron chi connectivity index (χ0n) is 10.4. The molecule has 1 amide bonds. The first-order valence-corrected chi connectivity index (χ1v) is 7.04. The fraction of sp³-hybridized carbons (Fsp3) is 0.417.